The summed E-state index contributed by atoms with van der Waals surface area (Å²) in [6.45, 7) is 9.70. The Bertz CT molecular complexity index is 130. The summed E-state index contributed by atoms with van der Waals surface area (Å²) in [6, 6.07) is 0. The average Bonchev–Trinajstić information content (AvgIpc) is 1.84. The van der Waals surface area contributed by atoms with Crippen LogP contribution < -0.4 is 5.73 Å². The lowest BCUT2D eigenvalue weighted by Gasteiger charge is -2.07. The Morgan fingerprint density at radius 1 is 1.56 bits per heavy atom. The van der Waals surface area contributed by atoms with Crippen molar-refractivity contribution in [1.29, 1.82) is 0 Å². The van der Waals surface area contributed by atoms with Crippen LogP contribution in [0.15, 0.2) is 23.9 Å². The maximum absolute atomic E-state index is 5.54. The van der Waals surface area contributed by atoms with Crippen LogP contribution in [0.25, 0.3) is 0 Å². The van der Waals surface area contributed by atoms with Gasteiger partial charge in [0.2, 0.25) is 0 Å². The second-order valence-electron chi connectivity index (χ2n) is 2.39. The fraction of sp³-hybridized carbons (Fsp3) is 0.500. The summed E-state index contributed by atoms with van der Waals surface area (Å²) in [5, 5.41) is 0. The fourth-order valence-electron chi connectivity index (χ4n) is 0.536. The van der Waals surface area contributed by atoms with E-state index in [2.05, 4.69) is 13.5 Å². The van der Waals surface area contributed by atoms with E-state index in [-0.39, 0.29) is 0 Å². The molecule has 0 saturated heterocycles. The Labute approximate surface area is 57.3 Å². The molecule has 9 heavy (non-hydrogen) atoms. The van der Waals surface area contributed by atoms with E-state index in [9.17, 15) is 0 Å². The second kappa shape index (κ2) is 3.33. The summed E-state index contributed by atoms with van der Waals surface area (Å²) in [6.07, 6.45) is 1.89. The van der Waals surface area contributed by atoms with Gasteiger partial charge in [0.15, 0.2) is 0 Å². The van der Waals surface area contributed by atoms with Crippen LogP contribution in [0.1, 0.15) is 20.8 Å². The van der Waals surface area contributed by atoms with E-state index < -0.39 is 0 Å². The Morgan fingerprint density at radius 3 is 2.11 bits per heavy atom. The smallest absolute Gasteiger partial charge is 0.00438 e. The highest BCUT2D eigenvalue weighted by Gasteiger charge is 1.98. The molecule has 1 nitrogen and oxygen atoms in total. The maximum atomic E-state index is 5.54. The Morgan fingerprint density at radius 2 is 2.00 bits per heavy atom. The molecule has 1 unspecified atom stereocenters. The van der Waals surface area contributed by atoms with Crippen LogP contribution in [0.3, 0.4) is 0 Å². The van der Waals surface area contributed by atoms with Gasteiger partial charge in [0.05, 0.1) is 0 Å². The quantitative estimate of drug-likeness (QED) is 0.562. The van der Waals surface area contributed by atoms with Crippen molar-refractivity contribution in [2.24, 2.45) is 11.7 Å². The molecule has 0 fully saturated rings. The van der Waals surface area contributed by atoms with Gasteiger partial charge in [-0.3, -0.25) is 0 Å². The molecule has 0 aromatic rings. The zero-order valence-electron chi connectivity index (χ0n) is 6.44. The van der Waals surface area contributed by atoms with Gasteiger partial charge in [-0.2, -0.15) is 0 Å². The molecule has 0 aliphatic heterocycles. The molecule has 1 atom stereocenters. The average molecular weight is 125 g/mol. The Balaban J connectivity index is 4.19. The minimum absolute atomic E-state index is 0.412. The lowest BCUT2D eigenvalue weighted by molar-refractivity contribution is 0.843. The SMILES string of the molecule is C=CC(C)/C(C)=C(/C)N. The predicted molar refractivity (Wildman–Crippen MR) is 41.9 cm³/mol. The molecular formula is C8H15N. The van der Waals surface area contributed by atoms with Gasteiger partial charge in [-0.05, 0) is 25.3 Å². The van der Waals surface area contributed by atoms with Gasteiger partial charge >= 0.3 is 0 Å². The minimum Gasteiger partial charge on any atom is -0.402 e. The van der Waals surface area contributed by atoms with Crippen molar-refractivity contribution in [3.63, 3.8) is 0 Å². The zero-order chi connectivity index (χ0) is 7.44. The van der Waals surface area contributed by atoms with Gasteiger partial charge in [0.25, 0.3) is 0 Å². The van der Waals surface area contributed by atoms with Crippen molar-refractivity contribution in [3.8, 4) is 0 Å². The van der Waals surface area contributed by atoms with E-state index >= 15 is 0 Å². The minimum atomic E-state index is 0.412. The van der Waals surface area contributed by atoms with Crippen LogP contribution in [0, 0.1) is 5.92 Å². The normalized spacial score (nSPS) is 16.3. The molecule has 0 heterocycles. The number of allylic oxidation sites excluding steroid dienone is 3. The highest BCUT2D eigenvalue weighted by molar-refractivity contribution is 5.12. The van der Waals surface area contributed by atoms with Crippen LogP contribution in [0.2, 0.25) is 0 Å². The van der Waals surface area contributed by atoms with E-state index in [1.165, 1.54) is 5.57 Å². The molecule has 2 N–H and O–H groups in total. The molecule has 52 valence electrons. The maximum Gasteiger partial charge on any atom is 0.00438 e. The molecule has 0 radical (unpaired) electrons. The van der Waals surface area contributed by atoms with Crippen molar-refractivity contribution in [3.05, 3.63) is 23.9 Å². The van der Waals surface area contributed by atoms with Crippen molar-refractivity contribution in [1.82, 2.24) is 0 Å². The van der Waals surface area contributed by atoms with E-state index in [1.54, 1.807) is 0 Å². The predicted octanol–water partition coefficient (Wildman–Crippen LogP) is 2.06. The van der Waals surface area contributed by atoms with Crippen molar-refractivity contribution < 1.29 is 0 Å². The summed E-state index contributed by atoms with van der Waals surface area (Å²) >= 11 is 0. The molecular weight excluding hydrogens is 110 g/mol. The van der Waals surface area contributed by atoms with Gasteiger partial charge in [-0.25, -0.2) is 0 Å². The summed E-state index contributed by atoms with van der Waals surface area (Å²) in [4.78, 5) is 0. The fourth-order valence-corrected chi connectivity index (χ4v) is 0.536. The molecule has 0 aromatic heterocycles. The van der Waals surface area contributed by atoms with Crippen molar-refractivity contribution in [2.45, 2.75) is 20.8 Å². The van der Waals surface area contributed by atoms with Gasteiger partial charge in [-0.1, -0.05) is 13.0 Å². The number of nitrogens with two attached hydrogens (primary N) is 1. The van der Waals surface area contributed by atoms with E-state index in [0.717, 1.165) is 5.70 Å². The Hall–Kier alpha value is -0.720. The third-order valence-corrected chi connectivity index (χ3v) is 1.66. The topological polar surface area (TPSA) is 26.0 Å². The molecule has 0 bridgehead atoms. The largest absolute Gasteiger partial charge is 0.402 e. The van der Waals surface area contributed by atoms with Crippen LogP contribution in [0.5, 0.6) is 0 Å². The highest BCUT2D eigenvalue weighted by atomic mass is 14.6. The molecule has 0 aromatic carbocycles. The van der Waals surface area contributed by atoms with E-state index in [0.29, 0.717) is 5.92 Å². The van der Waals surface area contributed by atoms with Gasteiger partial charge in [0, 0.05) is 5.70 Å². The summed E-state index contributed by atoms with van der Waals surface area (Å²) in [7, 11) is 0. The van der Waals surface area contributed by atoms with Gasteiger partial charge in [0.1, 0.15) is 0 Å². The molecule has 0 spiro atoms. The van der Waals surface area contributed by atoms with E-state index in [1.807, 2.05) is 19.9 Å². The third-order valence-electron chi connectivity index (χ3n) is 1.66. The highest BCUT2D eigenvalue weighted by Crippen LogP contribution is 2.11. The number of hydrogen-bond donors (Lipinski definition) is 1. The van der Waals surface area contributed by atoms with Gasteiger partial charge < -0.3 is 5.73 Å². The molecule has 0 aliphatic carbocycles. The Kier molecular flexibility index (Phi) is 3.07. The van der Waals surface area contributed by atoms with Crippen molar-refractivity contribution >= 4 is 0 Å². The van der Waals surface area contributed by atoms with Crippen LogP contribution in [-0.2, 0) is 0 Å². The van der Waals surface area contributed by atoms with E-state index in [4.69, 9.17) is 5.73 Å². The molecule has 0 aliphatic rings. The summed E-state index contributed by atoms with van der Waals surface area (Å²) < 4.78 is 0. The van der Waals surface area contributed by atoms with Crippen LogP contribution in [-0.4, -0.2) is 0 Å². The van der Waals surface area contributed by atoms with Crippen LogP contribution in [0.4, 0.5) is 0 Å². The number of rotatable bonds is 2. The molecule has 0 saturated carbocycles. The van der Waals surface area contributed by atoms with Crippen LogP contribution >= 0.6 is 0 Å². The molecule has 1 heteroatoms. The lowest BCUT2D eigenvalue weighted by atomic mass is 10.0. The first-order valence-corrected chi connectivity index (χ1v) is 3.15. The number of hydrogen-bond acceptors (Lipinski definition) is 1. The van der Waals surface area contributed by atoms with Crippen molar-refractivity contribution in [2.75, 3.05) is 0 Å². The monoisotopic (exact) mass is 125 g/mol. The first-order valence-electron chi connectivity index (χ1n) is 3.15. The molecule has 0 rings (SSSR count). The van der Waals surface area contributed by atoms with Gasteiger partial charge in [-0.15, -0.1) is 6.58 Å². The first-order chi connectivity index (χ1) is 4.09. The summed E-state index contributed by atoms with van der Waals surface area (Å²) in [5.41, 5.74) is 7.66. The third kappa shape index (κ3) is 2.36. The summed E-state index contributed by atoms with van der Waals surface area (Å²) in [5.74, 6) is 0.412. The first kappa shape index (κ1) is 8.28. The zero-order valence-corrected chi connectivity index (χ0v) is 6.44. The second-order valence-corrected chi connectivity index (χ2v) is 2.39. The molecule has 0 amide bonds. The lowest BCUT2D eigenvalue weighted by Crippen LogP contribution is -2.01. The standard InChI is InChI=1S/C8H15N/c1-5-6(2)7(3)8(4)9/h5-6H,1,9H2,2-4H3/b8-7-.